The number of rotatable bonds is 62. The Morgan fingerprint density at radius 1 is 0.354 bits per heavy atom. The third-order valence-electron chi connectivity index (χ3n) is 15.8. The Hall–Kier alpha value is -1.84. The lowest BCUT2D eigenvalue weighted by molar-refractivity contribution is -0.909. The van der Waals surface area contributed by atoms with Crippen LogP contribution in [0.5, 0.6) is 0 Å². The molecule has 0 rings (SSSR count). The van der Waals surface area contributed by atoms with Gasteiger partial charge in [-0.2, -0.15) is 0 Å². The lowest BCUT2D eigenvalue weighted by Gasteiger charge is -2.36. The number of carbonyl (C=O) groups excluding carboxylic acids is 3. The summed E-state index contributed by atoms with van der Waals surface area (Å²) in [5.74, 6) is -0.398. The highest BCUT2D eigenvalue weighted by molar-refractivity contribution is 7.79. The van der Waals surface area contributed by atoms with Crippen molar-refractivity contribution >= 4 is 28.3 Å². The van der Waals surface area contributed by atoms with Crippen molar-refractivity contribution in [2.24, 2.45) is 0 Å². The van der Waals surface area contributed by atoms with Crippen LogP contribution in [0, 0.1) is 0 Å². The average Bonchev–Trinajstić information content (AvgIpc) is 3.40. The van der Waals surface area contributed by atoms with Crippen molar-refractivity contribution in [3.8, 4) is 0 Å². The molecule has 0 heterocycles. The summed E-state index contributed by atoms with van der Waals surface area (Å²) in [5, 5.41) is 9.92. The Morgan fingerprint density at radius 2 is 0.570 bits per heavy atom. The first-order valence-electron chi connectivity index (χ1n) is 33.6. The molecule has 0 amide bonds. The van der Waals surface area contributed by atoms with Gasteiger partial charge in [0.05, 0.1) is 20.2 Å². The Labute approximate surface area is 488 Å². The highest BCUT2D eigenvalue weighted by Gasteiger charge is 2.24. The Balaban J connectivity index is 0. The zero-order valence-electron chi connectivity index (χ0n) is 52.3. The van der Waals surface area contributed by atoms with E-state index in [0.717, 1.165) is 45.1 Å². The second-order valence-corrected chi connectivity index (χ2v) is 24.3. The third-order valence-corrected chi connectivity index (χ3v) is 15.8. The van der Waals surface area contributed by atoms with Crippen LogP contribution in [-0.4, -0.2) is 123 Å². The molecular formula is C65H129N2O11S-. The number of ether oxygens (including phenoxy) is 3. The fourth-order valence-electron chi connectivity index (χ4n) is 10.4. The Kier molecular flexibility index (Phi) is 62.4. The largest absolute Gasteiger partial charge is 0.759 e. The van der Waals surface area contributed by atoms with Crippen molar-refractivity contribution in [3.05, 3.63) is 0 Å². The number of hydrogen-bond donors (Lipinski definition) is 1. The van der Waals surface area contributed by atoms with E-state index in [0.29, 0.717) is 76.3 Å². The number of quaternary nitrogens is 1. The fourth-order valence-corrected chi connectivity index (χ4v) is 10.4. The van der Waals surface area contributed by atoms with E-state index in [1.807, 2.05) is 0 Å². The molecule has 0 aromatic heterocycles. The summed E-state index contributed by atoms with van der Waals surface area (Å²) in [6.45, 7) is 11.4. The van der Waals surface area contributed by atoms with Crippen molar-refractivity contribution in [1.29, 1.82) is 0 Å². The molecule has 0 saturated carbocycles. The molecule has 0 aromatic rings. The number of unbranched alkanes of at least 4 members (excludes halogenated alkanes) is 42. The van der Waals surface area contributed by atoms with Crippen LogP contribution in [-0.2, 0) is 39.0 Å². The average molecular weight is 1150 g/mol. The van der Waals surface area contributed by atoms with Gasteiger partial charge < -0.3 is 32.9 Å². The number of hydrogen-bond acceptors (Lipinski definition) is 12. The van der Waals surface area contributed by atoms with Gasteiger partial charge in [0.2, 0.25) is 0 Å². The SMILES string of the molecule is CCCCCCCCCCCCCCCCCC(=O)OCCN(CCO)CC[N+](C)(CCOC(=O)CCCCCCCCCCCCCCCCC)CCOC(=O)CCCCCCCCCCCCCCCCC.O=S(=O)([O-])[O-]. The van der Waals surface area contributed by atoms with Gasteiger partial charge in [-0.1, -0.05) is 290 Å². The summed E-state index contributed by atoms with van der Waals surface area (Å²) in [6, 6.07) is 0. The van der Waals surface area contributed by atoms with E-state index in [4.69, 9.17) is 31.7 Å². The molecule has 0 aliphatic carbocycles. The van der Waals surface area contributed by atoms with Crippen LogP contribution < -0.4 is 0 Å². The monoisotopic (exact) mass is 1150 g/mol. The molecule has 0 spiro atoms. The van der Waals surface area contributed by atoms with Gasteiger partial charge in [-0.3, -0.25) is 27.7 Å². The summed E-state index contributed by atoms with van der Waals surface area (Å²) >= 11 is 0. The normalized spacial score (nSPS) is 11.7. The van der Waals surface area contributed by atoms with Crippen LogP contribution in [0.4, 0.5) is 0 Å². The van der Waals surface area contributed by atoms with Crippen molar-refractivity contribution < 1.29 is 55.7 Å². The zero-order chi connectivity index (χ0) is 58.4. The second-order valence-electron chi connectivity index (χ2n) is 23.5. The minimum atomic E-state index is -5.17. The number of aliphatic hydroxyl groups is 1. The predicted molar refractivity (Wildman–Crippen MR) is 326 cm³/mol. The van der Waals surface area contributed by atoms with Crippen molar-refractivity contribution in [3.63, 3.8) is 0 Å². The Morgan fingerprint density at radius 3 is 0.797 bits per heavy atom. The molecular weight excluding hydrogens is 1020 g/mol. The van der Waals surface area contributed by atoms with E-state index in [2.05, 4.69) is 32.7 Å². The van der Waals surface area contributed by atoms with E-state index in [1.54, 1.807) is 0 Å². The highest BCUT2D eigenvalue weighted by Crippen LogP contribution is 2.18. The van der Waals surface area contributed by atoms with E-state index in [-0.39, 0.29) is 24.5 Å². The molecule has 0 fully saturated rings. The maximum Gasteiger partial charge on any atom is 0.305 e. The third kappa shape index (κ3) is 68.6. The van der Waals surface area contributed by atoms with Crippen LogP contribution in [0.15, 0.2) is 0 Å². The highest BCUT2D eigenvalue weighted by atomic mass is 32.3. The summed E-state index contributed by atoms with van der Waals surface area (Å²) in [4.78, 5) is 40.3. The van der Waals surface area contributed by atoms with Crippen LogP contribution in [0.3, 0.4) is 0 Å². The lowest BCUT2D eigenvalue weighted by Crippen LogP contribution is -2.53. The van der Waals surface area contributed by atoms with Gasteiger partial charge in [-0.25, -0.2) is 0 Å². The zero-order valence-corrected chi connectivity index (χ0v) is 53.2. The van der Waals surface area contributed by atoms with Gasteiger partial charge in [0, 0.05) is 49.3 Å². The molecule has 0 bridgehead atoms. The smallest absolute Gasteiger partial charge is 0.305 e. The number of likely N-dealkylation sites (N-methyl/N-ethyl adjacent to an activating group) is 1. The summed E-state index contributed by atoms with van der Waals surface area (Å²) in [6.07, 6.45) is 59.8. The molecule has 0 aliphatic heterocycles. The van der Waals surface area contributed by atoms with Crippen LogP contribution in [0.1, 0.15) is 329 Å². The molecule has 0 saturated heterocycles. The lowest BCUT2D eigenvalue weighted by atomic mass is 10.0. The Bertz CT molecular complexity index is 1340. The quantitative estimate of drug-likeness (QED) is 0.0152. The summed E-state index contributed by atoms with van der Waals surface area (Å²) in [7, 11) is -3.03. The first-order chi connectivity index (χ1) is 38.3. The molecule has 79 heavy (non-hydrogen) atoms. The van der Waals surface area contributed by atoms with Crippen LogP contribution >= 0.6 is 0 Å². The van der Waals surface area contributed by atoms with E-state index in [1.165, 1.54) is 250 Å². The molecule has 0 unspecified atom stereocenters. The summed E-state index contributed by atoms with van der Waals surface area (Å²) < 4.78 is 51.9. The van der Waals surface area contributed by atoms with E-state index < -0.39 is 10.4 Å². The molecule has 13 nitrogen and oxygen atoms in total. The molecule has 0 atom stereocenters. The second kappa shape index (κ2) is 62.2. The first kappa shape index (κ1) is 79.2. The molecule has 14 heteroatoms. The molecule has 0 aliphatic rings. The number of carbonyl (C=O) groups is 3. The maximum absolute atomic E-state index is 12.8. The number of esters is 3. The van der Waals surface area contributed by atoms with Crippen LogP contribution in [0.2, 0.25) is 0 Å². The molecule has 1 N–H and O–H groups in total. The van der Waals surface area contributed by atoms with E-state index >= 15 is 0 Å². The fraction of sp³-hybridized carbons (Fsp3) is 0.954. The summed E-state index contributed by atoms with van der Waals surface area (Å²) in [5.41, 5.74) is 0. The van der Waals surface area contributed by atoms with Crippen molar-refractivity contribution in [2.45, 2.75) is 329 Å². The standard InChI is InChI=1S/C65H129N2O7.H2O4S/c1-5-8-11-14-17-20-23-26-29-32-35-38-41-44-47-50-63(69)72-60-55-66(54-59-68)53-56-67(4,57-61-73-64(70)51-48-45-42-39-36-33-30-27-24-21-18-15-12-9-6-2)58-62-74-65(71)52-49-46-43-40-37-34-31-28-25-22-19-16-13-10-7-3;1-5(2,3)4/h68H,5-62H2,1-4H3;(H2,1,2,3,4)/q+1;/p-2. The van der Waals surface area contributed by atoms with Gasteiger partial charge in [-0.05, 0) is 19.3 Å². The maximum atomic E-state index is 12.8. The first-order valence-corrected chi connectivity index (χ1v) is 34.9. The van der Waals surface area contributed by atoms with Gasteiger partial charge in [0.1, 0.15) is 32.9 Å². The van der Waals surface area contributed by atoms with Crippen LogP contribution in [0.25, 0.3) is 0 Å². The molecule has 472 valence electrons. The topological polar surface area (TPSA) is 183 Å². The van der Waals surface area contributed by atoms with Gasteiger partial charge in [-0.15, -0.1) is 0 Å². The minimum Gasteiger partial charge on any atom is -0.759 e. The number of aliphatic hydroxyl groups excluding tert-OH is 1. The van der Waals surface area contributed by atoms with Crippen molar-refractivity contribution in [2.75, 3.05) is 72.7 Å². The van der Waals surface area contributed by atoms with E-state index in [9.17, 15) is 19.5 Å². The number of nitrogens with zero attached hydrogens (tertiary/aromatic N) is 2. The molecule has 0 aromatic carbocycles. The minimum absolute atomic E-state index is 0.0185. The van der Waals surface area contributed by atoms with Gasteiger partial charge >= 0.3 is 17.9 Å². The van der Waals surface area contributed by atoms with Crippen molar-refractivity contribution in [1.82, 2.24) is 4.90 Å². The molecule has 0 radical (unpaired) electrons. The predicted octanol–water partition coefficient (Wildman–Crippen LogP) is 16.8. The van der Waals surface area contributed by atoms with Gasteiger partial charge in [0.15, 0.2) is 0 Å². The van der Waals surface area contributed by atoms with Gasteiger partial charge in [0.25, 0.3) is 0 Å².